The number of aliphatic hydroxyl groups excluding tert-OH is 1. The fourth-order valence-electron chi connectivity index (χ4n) is 5.15. The fourth-order valence-corrected chi connectivity index (χ4v) is 5.15. The first-order valence-electron chi connectivity index (χ1n) is 10.4. The quantitative estimate of drug-likeness (QED) is 0.820. The Labute approximate surface area is 162 Å². The van der Waals surface area contributed by atoms with Crippen LogP contribution in [0.2, 0.25) is 0 Å². The second-order valence-electron chi connectivity index (χ2n) is 8.20. The number of aryl methyl sites for hydroxylation is 1. The van der Waals surface area contributed by atoms with Crippen LogP contribution in [0.15, 0.2) is 24.4 Å². The topological polar surface area (TPSA) is 49.7 Å². The lowest BCUT2D eigenvalue weighted by Gasteiger charge is -2.36. The van der Waals surface area contributed by atoms with E-state index in [9.17, 15) is 5.11 Å². The van der Waals surface area contributed by atoms with E-state index < -0.39 is 0 Å². The molecule has 1 aromatic heterocycles. The molecule has 2 N–H and O–H groups in total. The van der Waals surface area contributed by atoms with Crippen LogP contribution in [0, 0.1) is 17.8 Å². The molecule has 0 spiro atoms. The molecule has 0 bridgehead atoms. The highest BCUT2D eigenvalue weighted by atomic mass is 16.5. The minimum atomic E-state index is 0.330. The predicted octanol–water partition coefficient (Wildman–Crippen LogP) is 2.71. The second-order valence-corrected chi connectivity index (χ2v) is 8.20. The van der Waals surface area contributed by atoms with Crippen molar-refractivity contribution in [3.05, 3.63) is 30.0 Å². The van der Waals surface area contributed by atoms with E-state index in [1.54, 1.807) is 7.11 Å². The highest BCUT2D eigenvalue weighted by Crippen LogP contribution is 2.34. The van der Waals surface area contributed by atoms with Gasteiger partial charge < -0.3 is 19.7 Å². The van der Waals surface area contributed by atoms with Gasteiger partial charge >= 0.3 is 0 Å². The highest BCUT2D eigenvalue weighted by Gasteiger charge is 2.34. The molecule has 4 rings (SSSR count). The maximum Gasteiger partial charge on any atom is 0.119 e. The summed E-state index contributed by atoms with van der Waals surface area (Å²) in [5, 5.41) is 14.4. The SMILES string of the molecule is CCn1cc(CN2CCC([C@@H]3CNC[C@H]3CO)CC2)c2cc(OC)ccc21. The lowest BCUT2D eigenvalue weighted by Crippen LogP contribution is -2.38. The number of hydrogen-bond donors (Lipinski definition) is 2. The van der Waals surface area contributed by atoms with E-state index in [0.717, 1.165) is 50.9 Å². The van der Waals surface area contributed by atoms with E-state index in [-0.39, 0.29) is 0 Å². The van der Waals surface area contributed by atoms with Gasteiger partial charge in [0.2, 0.25) is 0 Å². The Hall–Kier alpha value is -1.56. The number of hydrogen-bond acceptors (Lipinski definition) is 4. The standard InChI is InChI=1S/C22H33N3O2/c1-3-25-14-18(20-10-19(27-2)4-5-22(20)25)13-24-8-6-16(7-9-24)21-12-23-11-17(21)15-26/h4-5,10,14,16-17,21,23,26H,3,6-9,11-13,15H2,1-2H3/t17-,21-/m0/s1. The van der Waals surface area contributed by atoms with Gasteiger partial charge in [0, 0.05) is 43.3 Å². The third kappa shape index (κ3) is 3.73. The molecule has 5 heteroatoms. The second kappa shape index (κ2) is 8.21. The Morgan fingerprint density at radius 2 is 2.04 bits per heavy atom. The van der Waals surface area contributed by atoms with Gasteiger partial charge in [-0.2, -0.15) is 0 Å². The summed E-state index contributed by atoms with van der Waals surface area (Å²) < 4.78 is 7.79. The normalized spacial score (nSPS) is 24.7. The van der Waals surface area contributed by atoms with Gasteiger partial charge in [0.15, 0.2) is 0 Å². The van der Waals surface area contributed by atoms with Gasteiger partial charge in [-0.3, -0.25) is 4.90 Å². The fraction of sp³-hybridized carbons (Fsp3) is 0.636. The smallest absolute Gasteiger partial charge is 0.119 e. The van der Waals surface area contributed by atoms with E-state index >= 15 is 0 Å². The number of nitrogens with one attached hydrogen (secondary N) is 1. The number of methoxy groups -OCH3 is 1. The van der Waals surface area contributed by atoms with Gasteiger partial charge in [0.25, 0.3) is 0 Å². The molecule has 2 saturated heterocycles. The molecule has 0 radical (unpaired) electrons. The molecule has 148 valence electrons. The zero-order chi connectivity index (χ0) is 18.8. The predicted molar refractivity (Wildman–Crippen MR) is 109 cm³/mol. The summed E-state index contributed by atoms with van der Waals surface area (Å²) in [4.78, 5) is 2.60. The average Bonchev–Trinajstić information content (AvgIpc) is 3.33. The lowest BCUT2D eigenvalue weighted by molar-refractivity contribution is 0.108. The maximum atomic E-state index is 9.62. The molecule has 3 heterocycles. The van der Waals surface area contributed by atoms with Crippen LogP contribution >= 0.6 is 0 Å². The van der Waals surface area contributed by atoms with Crippen LogP contribution in [0.5, 0.6) is 5.75 Å². The Morgan fingerprint density at radius 1 is 1.22 bits per heavy atom. The summed E-state index contributed by atoms with van der Waals surface area (Å²) in [7, 11) is 1.74. The van der Waals surface area contributed by atoms with Crippen molar-refractivity contribution in [3.63, 3.8) is 0 Å². The number of likely N-dealkylation sites (tertiary alicyclic amines) is 1. The molecular weight excluding hydrogens is 338 g/mol. The van der Waals surface area contributed by atoms with Crippen molar-refractivity contribution >= 4 is 10.9 Å². The van der Waals surface area contributed by atoms with E-state index in [4.69, 9.17) is 4.74 Å². The van der Waals surface area contributed by atoms with Crippen molar-refractivity contribution in [2.45, 2.75) is 32.9 Å². The molecule has 2 aliphatic heterocycles. The van der Waals surface area contributed by atoms with Gasteiger partial charge in [-0.1, -0.05) is 0 Å². The molecule has 27 heavy (non-hydrogen) atoms. The summed E-state index contributed by atoms with van der Waals surface area (Å²) in [6, 6.07) is 6.41. The van der Waals surface area contributed by atoms with E-state index in [0.29, 0.717) is 18.4 Å². The van der Waals surface area contributed by atoms with Gasteiger partial charge in [-0.15, -0.1) is 0 Å². The van der Waals surface area contributed by atoms with Crippen molar-refractivity contribution in [1.82, 2.24) is 14.8 Å². The monoisotopic (exact) mass is 371 g/mol. The molecule has 2 atom stereocenters. The zero-order valence-electron chi connectivity index (χ0n) is 16.7. The van der Waals surface area contributed by atoms with Crippen molar-refractivity contribution in [2.24, 2.45) is 17.8 Å². The van der Waals surface area contributed by atoms with Crippen LogP contribution in [0.3, 0.4) is 0 Å². The van der Waals surface area contributed by atoms with Crippen LogP contribution in [0.1, 0.15) is 25.3 Å². The van der Waals surface area contributed by atoms with Gasteiger partial charge in [0.05, 0.1) is 7.11 Å². The summed E-state index contributed by atoms with van der Waals surface area (Å²) >= 11 is 0. The molecule has 2 aliphatic rings. The Kier molecular flexibility index (Phi) is 5.71. The molecule has 1 aromatic carbocycles. The third-order valence-electron chi connectivity index (χ3n) is 6.77. The van der Waals surface area contributed by atoms with Crippen molar-refractivity contribution in [3.8, 4) is 5.75 Å². The number of piperidine rings is 1. The Bertz CT molecular complexity index is 764. The number of aliphatic hydroxyl groups is 1. The van der Waals surface area contributed by atoms with E-state index in [2.05, 4.69) is 46.1 Å². The van der Waals surface area contributed by atoms with E-state index in [1.165, 1.54) is 29.3 Å². The summed E-state index contributed by atoms with van der Waals surface area (Å²) in [5.74, 6) is 2.80. The summed E-state index contributed by atoms with van der Waals surface area (Å²) in [5.41, 5.74) is 2.70. The minimum Gasteiger partial charge on any atom is -0.497 e. The zero-order valence-corrected chi connectivity index (χ0v) is 16.7. The first kappa shape index (κ1) is 18.8. The largest absolute Gasteiger partial charge is 0.497 e. The molecule has 2 aromatic rings. The molecule has 0 amide bonds. The highest BCUT2D eigenvalue weighted by molar-refractivity contribution is 5.85. The Morgan fingerprint density at radius 3 is 2.74 bits per heavy atom. The molecule has 0 unspecified atom stereocenters. The minimum absolute atomic E-state index is 0.330. The number of ether oxygens (including phenoxy) is 1. The number of aromatic nitrogens is 1. The van der Waals surface area contributed by atoms with Gasteiger partial charge in [0.1, 0.15) is 5.75 Å². The van der Waals surface area contributed by atoms with Gasteiger partial charge in [-0.25, -0.2) is 0 Å². The van der Waals surface area contributed by atoms with Crippen LogP contribution in [0.4, 0.5) is 0 Å². The van der Waals surface area contributed by atoms with Gasteiger partial charge in [-0.05, 0) is 80.9 Å². The van der Waals surface area contributed by atoms with E-state index in [1.807, 2.05) is 0 Å². The third-order valence-corrected chi connectivity index (χ3v) is 6.77. The molecule has 5 nitrogen and oxygen atoms in total. The summed E-state index contributed by atoms with van der Waals surface area (Å²) in [6.45, 7) is 8.91. The number of benzene rings is 1. The van der Waals surface area contributed by atoms with Crippen LogP contribution in [0.25, 0.3) is 10.9 Å². The van der Waals surface area contributed by atoms with Crippen LogP contribution in [-0.4, -0.2) is 54.5 Å². The van der Waals surface area contributed by atoms with Crippen LogP contribution < -0.4 is 10.1 Å². The molecule has 0 aliphatic carbocycles. The van der Waals surface area contributed by atoms with Crippen LogP contribution in [-0.2, 0) is 13.1 Å². The average molecular weight is 372 g/mol. The molecule has 0 saturated carbocycles. The Balaban J connectivity index is 1.44. The molecular formula is C22H33N3O2. The van der Waals surface area contributed by atoms with Crippen molar-refractivity contribution in [1.29, 1.82) is 0 Å². The lowest BCUT2D eigenvalue weighted by atomic mass is 9.79. The summed E-state index contributed by atoms with van der Waals surface area (Å²) in [6.07, 6.45) is 4.82. The first-order valence-corrected chi connectivity index (χ1v) is 10.4. The number of nitrogens with zero attached hydrogens (tertiary/aromatic N) is 2. The molecule has 2 fully saturated rings. The number of rotatable bonds is 6. The number of fused-ring (bicyclic) bond motifs is 1. The first-order chi connectivity index (χ1) is 13.2. The van der Waals surface area contributed by atoms with Crippen molar-refractivity contribution < 1.29 is 9.84 Å². The van der Waals surface area contributed by atoms with Crippen molar-refractivity contribution in [2.75, 3.05) is 39.9 Å². The maximum absolute atomic E-state index is 9.62.